The molecule has 0 bridgehead atoms. The molecule has 1 saturated heterocycles. The van der Waals surface area contributed by atoms with E-state index in [0.717, 1.165) is 12.8 Å². The standard InChI is InChI=1S/C22H33N3O6/c1-15(2)13-24(18-7-9-23(10-8-18)21(26)14-31-4)19-6-5-17(12-20(19)25(29)30)16(3)11-22(27)28/h5-6,12,15-16,18H,7-11,13-14H2,1-4H3,(H,27,28). The second kappa shape index (κ2) is 11.1. The van der Waals surface area contributed by atoms with Gasteiger partial charge in [0.2, 0.25) is 5.91 Å². The molecule has 9 nitrogen and oxygen atoms in total. The number of nitrogens with zero attached hydrogens (tertiary/aromatic N) is 3. The number of carboxylic acids is 1. The van der Waals surface area contributed by atoms with Gasteiger partial charge >= 0.3 is 5.97 Å². The van der Waals surface area contributed by atoms with E-state index in [2.05, 4.69) is 18.7 Å². The molecule has 9 heteroatoms. The Kier molecular flexibility index (Phi) is 8.79. The van der Waals surface area contributed by atoms with Crippen molar-refractivity contribution >= 4 is 23.3 Å². The molecule has 31 heavy (non-hydrogen) atoms. The summed E-state index contributed by atoms with van der Waals surface area (Å²) in [4.78, 5) is 38.5. The van der Waals surface area contributed by atoms with Crippen molar-refractivity contribution in [2.75, 3.05) is 38.3 Å². The van der Waals surface area contributed by atoms with Crippen LogP contribution in [-0.4, -0.2) is 66.2 Å². The average molecular weight is 436 g/mol. The molecular formula is C22H33N3O6. The average Bonchev–Trinajstić information content (AvgIpc) is 2.71. The molecule has 1 aromatic rings. The molecule has 1 aliphatic heterocycles. The lowest BCUT2D eigenvalue weighted by Crippen LogP contribution is -2.48. The van der Waals surface area contributed by atoms with E-state index in [0.29, 0.717) is 36.8 Å². The Balaban J connectivity index is 2.30. The first-order chi connectivity index (χ1) is 14.6. The van der Waals surface area contributed by atoms with Gasteiger partial charge in [0.25, 0.3) is 5.69 Å². The number of amides is 1. The lowest BCUT2D eigenvalue weighted by Gasteiger charge is -2.40. The molecule has 0 spiro atoms. The molecule has 2 rings (SSSR count). The molecule has 0 radical (unpaired) electrons. The smallest absolute Gasteiger partial charge is 0.303 e. The SMILES string of the molecule is COCC(=O)N1CCC(N(CC(C)C)c2ccc(C(C)CC(=O)O)cc2[N+](=O)[O-])CC1. The third kappa shape index (κ3) is 6.65. The molecule has 0 aromatic heterocycles. The third-order valence-electron chi connectivity index (χ3n) is 5.64. The van der Waals surface area contributed by atoms with Crippen LogP contribution in [0, 0.1) is 16.0 Å². The van der Waals surface area contributed by atoms with Gasteiger partial charge in [0, 0.05) is 38.9 Å². The van der Waals surface area contributed by atoms with Crippen molar-refractivity contribution in [3.63, 3.8) is 0 Å². The van der Waals surface area contributed by atoms with Gasteiger partial charge in [-0.25, -0.2) is 0 Å². The maximum absolute atomic E-state index is 12.1. The Morgan fingerprint density at radius 1 is 1.29 bits per heavy atom. The van der Waals surface area contributed by atoms with E-state index >= 15 is 0 Å². The second-order valence-corrected chi connectivity index (χ2v) is 8.60. The molecule has 172 valence electrons. The third-order valence-corrected chi connectivity index (χ3v) is 5.64. The number of nitro groups is 1. The number of anilines is 1. The summed E-state index contributed by atoms with van der Waals surface area (Å²) in [6.45, 7) is 7.78. The van der Waals surface area contributed by atoms with Gasteiger partial charge < -0.3 is 19.6 Å². The number of hydrogen-bond donors (Lipinski definition) is 1. The quantitative estimate of drug-likeness (QED) is 0.443. The maximum Gasteiger partial charge on any atom is 0.303 e. The molecule has 1 aliphatic rings. The Morgan fingerprint density at radius 3 is 2.45 bits per heavy atom. The monoisotopic (exact) mass is 435 g/mol. The zero-order valence-corrected chi connectivity index (χ0v) is 18.7. The van der Waals surface area contributed by atoms with Crippen molar-refractivity contribution in [2.45, 2.75) is 52.0 Å². The van der Waals surface area contributed by atoms with Crippen molar-refractivity contribution in [1.82, 2.24) is 4.90 Å². The number of aliphatic carboxylic acids is 1. The number of rotatable bonds is 10. The fourth-order valence-electron chi connectivity index (χ4n) is 4.10. The fourth-order valence-corrected chi connectivity index (χ4v) is 4.10. The largest absolute Gasteiger partial charge is 0.481 e. The Hall–Kier alpha value is -2.68. The molecule has 1 amide bonds. The van der Waals surface area contributed by atoms with Gasteiger partial charge in [-0.3, -0.25) is 19.7 Å². The van der Waals surface area contributed by atoms with Crippen molar-refractivity contribution in [3.8, 4) is 0 Å². The number of carboxylic acid groups (broad SMARTS) is 1. The maximum atomic E-state index is 12.1. The predicted molar refractivity (Wildman–Crippen MR) is 117 cm³/mol. The minimum Gasteiger partial charge on any atom is -0.481 e. The van der Waals surface area contributed by atoms with Gasteiger partial charge in [-0.2, -0.15) is 0 Å². The van der Waals surface area contributed by atoms with E-state index in [1.165, 1.54) is 13.2 Å². The van der Waals surface area contributed by atoms with Crippen molar-refractivity contribution in [1.29, 1.82) is 0 Å². The first-order valence-electron chi connectivity index (χ1n) is 10.7. The second-order valence-electron chi connectivity index (χ2n) is 8.60. The van der Waals surface area contributed by atoms with E-state index in [1.54, 1.807) is 24.0 Å². The highest BCUT2D eigenvalue weighted by molar-refractivity contribution is 5.77. The summed E-state index contributed by atoms with van der Waals surface area (Å²) in [5, 5.41) is 21.0. The minimum absolute atomic E-state index is 0.00622. The summed E-state index contributed by atoms with van der Waals surface area (Å²) >= 11 is 0. The lowest BCUT2D eigenvalue weighted by atomic mass is 9.95. The number of methoxy groups -OCH3 is 1. The van der Waals surface area contributed by atoms with Gasteiger partial charge in [-0.05, 0) is 36.3 Å². The van der Waals surface area contributed by atoms with Gasteiger partial charge in [0.1, 0.15) is 12.3 Å². The van der Waals surface area contributed by atoms with Gasteiger partial charge in [0.05, 0.1) is 11.3 Å². The van der Waals surface area contributed by atoms with E-state index in [4.69, 9.17) is 9.84 Å². The molecule has 1 atom stereocenters. The molecule has 0 aliphatic carbocycles. The summed E-state index contributed by atoms with van der Waals surface area (Å²) in [6, 6.07) is 5.12. The van der Waals surface area contributed by atoms with Crippen LogP contribution in [0.2, 0.25) is 0 Å². The molecule has 1 heterocycles. The number of hydrogen-bond acceptors (Lipinski definition) is 6. The summed E-state index contributed by atoms with van der Waals surface area (Å²) < 4.78 is 4.94. The summed E-state index contributed by atoms with van der Waals surface area (Å²) in [7, 11) is 1.50. The number of likely N-dealkylation sites (tertiary alicyclic amines) is 1. The highest BCUT2D eigenvalue weighted by atomic mass is 16.6. The van der Waals surface area contributed by atoms with Gasteiger partial charge in [0.15, 0.2) is 0 Å². The molecular weight excluding hydrogens is 402 g/mol. The van der Waals surface area contributed by atoms with Crippen LogP contribution in [0.1, 0.15) is 51.5 Å². The summed E-state index contributed by atoms with van der Waals surface area (Å²) in [6.07, 6.45) is 1.35. The van der Waals surface area contributed by atoms with Crippen LogP contribution in [0.5, 0.6) is 0 Å². The first kappa shape index (κ1) is 24.6. The fraction of sp³-hybridized carbons (Fsp3) is 0.636. The van der Waals surface area contributed by atoms with Crippen LogP contribution < -0.4 is 4.90 Å². The van der Waals surface area contributed by atoms with Crippen molar-refractivity contribution in [2.24, 2.45) is 5.92 Å². The highest BCUT2D eigenvalue weighted by Crippen LogP contribution is 2.36. The van der Waals surface area contributed by atoms with Crippen molar-refractivity contribution < 1.29 is 24.4 Å². The molecule has 1 fully saturated rings. The van der Waals surface area contributed by atoms with Crippen LogP contribution in [0.25, 0.3) is 0 Å². The van der Waals surface area contributed by atoms with Gasteiger partial charge in [-0.15, -0.1) is 0 Å². The summed E-state index contributed by atoms with van der Waals surface area (Å²) in [5.74, 6) is -1.01. The Labute approximate surface area is 183 Å². The topological polar surface area (TPSA) is 113 Å². The van der Waals surface area contributed by atoms with Crippen LogP contribution in [-0.2, 0) is 14.3 Å². The first-order valence-corrected chi connectivity index (χ1v) is 10.7. The lowest BCUT2D eigenvalue weighted by molar-refractivity contribution is -0.384. The van der Waals surface area contributed by atoms with E-state index in [-0.39, 0.29) is 36.6 Å². The number of carbonyl (C=O) groups excluding carboxylic acids is 1. The Bertz CT molecular complexity index is 789. The zero-order valence-electron chi connectivity index (χ0n) is 18.7. The van der Waals surface area contributed by atoms with Gasteiger partial charge in [-0.1, -0.05) is 26.8 Å². The number of carbonyl (C=O) groups is 2. The van der Waals surface area contributed by atoms with Crippen LogP contribution in [0.4, 0.5) is 11.4 Å². The van der Waals surface area contributed by atoms with Crippen LogP contribution in [0.15, 0.2) is 18.2 Å². The molecule has 0 saturated carbocycles. The van der Waals surface area contributed by atoms with Crippen LogP contribution in [0.3, 0.4) is 0 Å². The number of ether oxygens (including phenoxy) is 1. The zero-order chi connectivity index (χ0) is 23.1. The number of piperidine rings is 1. The molecule has 1 N–H and O–H groups in total. The van der Waals surface area contributed by atoms with E-state index in [1.807, 2.05) is 0 Å². The Morgan fingerprint density at radius 2 is 1.94 bits per heavy atom. The number of benzene rings is 1. The van der Waals surface area contributed by atoms with Crippen LogP contribution >= 0.6 is 0 Å². The molecule has 1 unspecified atom stereocenters. The minimum atomic E-state index is -0.935. The highest BCUT2D eigenvalue weighted by Gasteiger charge is 2.31. The van der Waals surface area contributed by atoms with E-state index in [9.17, 15) is 19.7 Å². The summed E-state index contributed by atoms with van der Waals surface area (Å²) in [5.41, 5.74) is 1.18. The number of nitro benzene ring substituents is 1. The predicted octanol–water partition coefficient (Wildman–Crippen LogP) is 3.27. The molecule has 1 aromatic carbocycles. The van der Waals surface area contributed by atoms with E-state index < -0.39 is 10.9 Å². The normalized spacial score (nSPS) is 15.7. The van der Waals surface area contributed by atoms with Crippen molar-refractivity contribution in [3.05, 3.63) is 33.9 Å².